The van der Waals surface area contributed by atoms with Crippen LogP contribution in [0.4, 0.5) is 4.79 Å². The Balaban J connectivity index is 5.98. The van der Waals surface area contributed by atoms with Crippen LogP contribution in [-0.2, 0) is 32.0 Å². The Labute approximate surface area is 162 Å². The van der Waals surface area contributed by atoms with Gasteiger partial charge in [0.05, 0.1) is 32.5 Å². The first-order valence-electron chi connectivity index (χ1n) is 9.16. The summed E-state index contributed by atoms with van der Waals surface area (Å²) in [6.07, 6.45) is -0.751. The van der Waals surface area contributed by atoms with Crippen LogP contribution in [0.3, 0.4) is 0 Å². The van der Waals surface area contributed by atoms with Gasteiger partial charge in [0.2, 0.25) is 0 Å². The average Bonchev–Trinajstić information content (AvgIpc) is 2.45. The summed E-state index contributed by atoms with van der Waals surface area (Å²) >= 11 is 0. The predicted octanol–water partition coefficient (Wildman–Crippen LogP) is 4.76. The summed E-state index contributed by atoms with van der Waals surface area (Å²) in [5, 5.41) is 1.21. The third-order valence-electron chi connectivity index (χ3n) is 3.08. The third kappa shape index (κ3) is 8.63. The fourth-order valence-electron chi connectivity index (χ4n) is 2.39. The quantitative estimate of drug-likeness (QED) is 0.441. The number of ether oxygens (including phenoxy) is 1. The van der Waals surface area contributed by atoms with E-state index in [0.717, 1.165) is 0 Å². The molecular formula is C16H35NO8P2. The normalized spacial score (nSPS) is 14.3. The van der Waals surface area contributed by atoms with Crippen molar-refractivity contribution in [3.63, 3.8) is 0 Å². The van der Waals surface area contributed by atoms with Gasteiger partial charge in [-0.1, -0.05) is 0 Å². The molecule has 0 rings (SSSR count). The van der Waals surface area contributed by atoms with Crippen LogP contribution in [0, 0.1) is 0 Å². The van der Waals surface area contributed by atoms with Gasteiger partial charge in [-0.05, 0) is 55.4 Å². The first kappa shape index (κ1) is 26.6. The minimum atomic E-state index is -3.96. The number of alkyl carbamates (subject to hydrolysis) is 1. The number of carbonyl (C=O) groups excluding carboxylic acids is 1. The smallest absolute Gasteiger partial charge is 0.407 e. The van der Waals surface area contributed by atoms with Gasteiger partial charge in [0.15, 0.2) is 5.40 Å². The van der Waals surface area contributed by atoms with Gasteiger partial charge < -0.3 is 28.1 Å². The molecule has 9 nitrogen and oxygen atoms in total. The van der Waals surface area contributed by atoms with Gasteiger partial charge in [-0.15, -0.1) is 0 Å². The van der Waals surface area contributed by atoms with Crippen molar-refractivity contribution in [1.82, 2.24) is 5.32 Å². The highest BCUT2D eigenvalue weighted by molar-refractivity contribution is 7.72. The molecule has 0 aliphatic carbocycles. The number of amides is 1. The second-order valence-electron chi connectivity index (χ2n) is 6.60. The molecule has 27 heavy (non-hydrogen) atoms. The van der Waals surface area contributed by atoms with E-state index in [1.54, 1.807) is 48.5 Å². The first-order chi connectivity index (χ1) is 12.4. The monoisotopic (exact) mass is 431 g/mol. The van der Waals surface area contributed by atoms with Crippen LogP contribution in [0.15, 0.2) is 0 Å². The highest BCUT2D eigenvalue weighted by Gasteiger charge is 2.54. The number of carbonyl (C=O) groups is 1. The van der Waals surface area contributed by atoms with E-state index in [1.807, 2.05) is 0 Å². The zero-order valence-electron chi connectivity index (χ0n) is 17.6. The van der Waals surface area contributed by atoms with Crippen LogP contribution >= 0.6 is 15.2 Å². The largest absolute Gasteiger partial charge is 0.444 e. The van der Waals surface area contributed by atoms with Gasteiger partial charge in [-0.2, -0.15) is 0 Å². The number of hydrogen-bond acceptors (Lipinski definition) is 8. The van der Waals surface area contributed by atoms with Crippen molar-refractivity contribution in [2.45, 2.75) is 72.4 Å². The number of nitrogens with one attached hydrogen (secondary N) is 1. The molecule has 0 aromatic carbocycles. The molecule has 11 heteroatoms. The molecule has 0 fully saturated rings. The highest BCUT2D eigenvalue weighted by atomic mass is 31.2. The second-order valence-corrected chi connectivity index (χ2v) is 11.3. The topological polar surface area (TPSA) is 109 Å². The van der Waals surface area contributed by atoms with E-state index in [9.17, 15) is 13.9 Å². The Hall–Kier alpha value is -0.430. The molecule has 0 spiro atoms. The maximum absolute atomic E-state index is 13.4. The maximum atomic E-state index is 13.4. The van der Waals surface area contributed by atoms with E-state index in [4.69, 9.17) is 22.8 Å². The van der Waals surface area contributed by atoms with Crippen molar-refractivity contribution in [1.29, 1.82) is 0 Å². The molecule has 1 atom stereocenters. The lowest BCUT2D eigenvalue weighted by atomic mass is 10.2. The van der Waals surface area contributed by atoms with Crippen LogP contribution in [0.2, 0.25) is 0 Å². The fourth-order valence-corrected chi connectivity index (χ4v) is 8.02. The number of hydrogen-bond donors (Lipinski definition) is 1. The van der Waals surface area contributed by atoms with Crippen LogP contribution in [0.25, 0.3) is 0 Å². The molecule has 1 amide bonds. The number of rotatable bonds is 12. The van der Waals surface area contributed by atoms with E-state index < -0.39 is 38.3 Å². The molecule has 0 saturated carbocycles. The molecule has 162 valence electrons. The van der Waals surface area contributed by atoms with Crippen molar-refractivity contribution < 1.29 is 36.8 Å². The van der Waals surface area contributed by atoms with Gasteiger partial charge in [-0.3, -0.25) is 9.13 Å². The van der Waals surface area contributed by atoms with Crippen molar-refractivity contribution >= 4 is 21.3 Å². The summed E-state index contributed by atoms with van der Waals surface area (Å²) in [4.78, 5) is 12.2. The Morgan fingerprint density at radius 1 is 0.852 bits per heavy atom. The van der Waals surface area contributed by atoms with E-state index in [0.29, 0.717) is 0 Å². The van der Waals surface area contributed by atoms with E-state index >= 15 is 0 Å². The molecule has 0 heterocycles. The summed E-state index contributed by atoms with van der Waals surface area (Å²) in [6.45, 7) is 13.5. The van der Waals surface area contributed by atoms with Crippen molar-refractivity contribution in [3.8, 4) is 0 Å². The Morgan fingerprint density at radius 2 is 1.19 bits per heavy atom. The molecule has 1 N–H and O–H groups in total. The second kappa shape index (κ2) is 11.5. The van der Waals surface area contributed by atoms with Crippen molar-refractivity contribution in [2.24, 2.45) is 0 Å². The third-order valence-corrected chi connectivity index (χ3v) is 9.44. The van der Waals surface area contributed by atoms with Crippen LogP contribution < -0.4 is 5.32 Å². The lowest BCUT2D eigenvalue weighted by Gasteiger charge is -2.35. The zero-order valence-corrected chi connectivity index (χ0v) is 19.4. The lowest BCUT2D eigenvalue weighted by Crippen LogP contribution is -2.44. The molecule has 0 saturated heterocycles. The summed E-state index contributed by atoms with van der Waals surface area (Å²) in [5.74, 6) is 0. The van der Waals surface area contributed by atoms with E-state index in [2.05, 4.69) is 5.32 Å². The summed E-state index contributed by atoms with van der Waals surface area (Å²) in [5.41, 5.74) is -0.730. The minimum absolute atomic E-state index is 0.0607. The molecule has 1 unspecified atom stereocenters. The molecule has 0 aliphatic heterocycles. The van der Waals surface area contributed by atoms with Gasteiger partial charge in [0, 0.05) is 0 Å². The average molecular weight is 431 g/mol. The SMILES string of the molecule is CCOP(=O)(OCC)C(C(C)NC(=O)OC(C)(C)C)P(=O)(OCC)OCC. The molecule has 0 aromatic heterocycles. The van der Waals surface area contributed by atoms with Crippen molar-refractivity contribution in [3.05, 3.63) is 0 Å². The van der Waals surface area contributed by atoms with Crippen molar-refractivity contribution in [2.75, 3.05) is 26.4 Å². The van der Waals surface area contributed by atoms with Gasteiger partial charge >= 0.3 is 21.3 Å². The molecule has 0 aromatic rings. The molecule has 0 bridgehead atoms. The molecule has 0 aliphatic rings. The molecule has 0 radical (unpaired) electrons. The fraction of sp³-hybridized carbons (Fsp3) is 0.938. The Morgan fingerprint density at radius 3 is 1.44 bits per heavy atom. The highest BCUT2D eigenvalue weighted by Crippen LogP contribution is 2.71. The lowest BCUT2D eigenvalue weighted by molar-refractivity contribution is 0.0508. The summed E-state index contributed by atoms with van der Waals surface area (Å²) < 4.78 is 53.7. The predicted molar refractivity (Wildman–Crippen MR) is 104 cm³/mol. The van der Waals surface area contributed by atoms with Gasteiger partial charge in [0.25, 0.3) is 0 Å². The van der Waals surface area contributed by atoms with Crippen LogP contribution in [-0.4, -0.2) is 49.6 Å². The maximum Gasteiger partial charge on any atom is 0.407 e. The van der Waals surface area contributed by atoms with Gasteiger partial charge in [0.1, 0.15) is 5.60 Å². The zero-order chi connectivity index (χ0) is 21.3. The first-order valence-corrected chi connectivity index (χ1v) is 12.4. The van der Waals surface area contributed by atoms with Gasteiger partial charge in [-0.25, -0.2) is 4.79 Å². The summed E-state index contributed by atoms with van der Waals surface area (Å²) in [6, 6.07) is -0.937. The van der Waals surface area contributed by atoms with Crippen LogP contribution in [0.5, 0.6) is 0 Å². The molecular weight excluding hydrogens is 396 g/mol. The van der Waals surface area contributed by atoms with E-state index in [1.165, 1.54) is 6.92 Å². The van der Waals surface area contributed by atoms with E-state index in [-0.39, 0.29) is 26.4 Å². The standard InChI is InChI=1S/C16H35NO8P2/c1-9-21-26(19,22-10-2)14(27(20,23-11-3)24-12-4)13(5)17-15(18)25-16(6,7)8/h13-14H,9-12H2,1-8H3,(H,17,18). The Kier molecular flexibility index (Phi) is 11.4. The summed E-state index contributed by atoms with van der Waals surface area (Å²) in [7, 11) is -7.91. The minimum Gasteiger partial charge on any atom is -0.444 e. The van der Waals surface area contributed by atoms with Crippen LogP contribution in [0.1, 0.15) is 55.4 Å². The Bertz CT molecular complexity index is 499.